The first kappa shape index (κ1) is 20.4. The topological polar surface area (TPSA) is 60.2 Å². The Kier molecular flexibility index (Phi) is 7.08. The number of benzene rings is 2. The first-order valence-corrected chi connectivity index (χ1v) is 9.91. The fourth-order valence-corrected chi connectivity index (χ4v) is 3.52. The molecule has 28 heavy (non-hydrogen) atoms. The van der Waals surface area contributed by atoms with Crippen LogP contribution in [0.5, 0.6) is 5.75 Å². The third-order valence-electron chi connectivity index (χ3n) is 3.91. The Hall–Kier alpha value is -2.35. The van der Waals surface area contributed by atoms with Gasteiger partial charge in [-0.15, -0.1) is 16.8 Å². The third kappa shape index (κ3) is 5.34. The monoisotopic (exact) mass is 419 g/mol. The molecule has 0 radical (unpaired) electrons. The standard InChI is InChI=1S/C20H19ClFN3O2S/c1-2-11-25-19(12-27-17-9-5-15(21)6-10-17)23-24-20(25)28-13-18(26)14-3-7-16(22)8-4-14/h2-10,18,26H,1,11-13H2. The van der Waals surface area contributed by atoms with Crippen molar-refractivity contribution in [1.29, 1.82) is 0 Å². The number of thioether (sulfide) groups is 1. The minimum atomic E-state index is -0.742. The Bertz CT molecular complexity index is 916. The molecule has 1 atom stereocenters. The lowest BCUT2D eigenvalue weighted by atomic mass is 10.1. The van der Waals surface area contributed by atoms with Crippen LogP contribution in [0.1, 0.15) is 17.5 Å². The van der Waals surface area contributed by atoms with Crippen molar-refractivity contribution in [3.8, 4) is 5.75 Å². The zero-order chi connectivity index (χ0) is 19.9. The summed E-state index contributed by atoms with van der Waals surface area (Å²) in [6, 6.07) is 12.9. The van der Waals surface area contributed by atoms with Crippen molar-refractivity contribution in [2.45, 2.75) is 24.4 Å². The van der Waals surface area contributed by atoms with E-state index in [9.17, 15) is 9.50 Å². The van der Waals surface area contributed by atoms with Crippen LogP contribution in [0.2, 0.25) is 5.02 Å². The number of allylic oxidation sites excluding steroid dienone is 1. The van der Waals surface area contributed by atoms with Gasteiger partial charge in [0.2, 0.25) is 0 Å². The number of halogens is 2. The highest BCUT2D eigenvalue weighted by Gasteiger charge is 2.15. The number of ether oxygens (including phenoxy) is 1. The van der Waals surface area contributed by atoms with Crippen LogP contribution in [0.25, 0.3) is 0 Å². The summed E-state index contributed by atoms with van der Waals surface area (Å²) in [7, 11) is 0. The minimum absolute atomic E-state index is 0.240. The molecule has 3 aromatic rings. The molecule has 0 saturated heterocycles. The third-order valence-corrected chi connectivity index (χ3v) is 5.21. The number of aromatic nitrogens is 3. The van der Waals surface area contributed by atoms with E-state index in [0.29, 0.717) is 39.6 Å². The van der Waals surface area contributed by atoms with Gasteiger partial charge in [-0.2, -0.15) is 0 Å². The summed E-state index contributed by atoms with van der Waals surface area (Å²) in [5, 5.41) is 20.0. The molecular weight excluding hydrogens is 401 g/mol. The lowest BCUT2D eigenvalue weighted by Crippen LogP contribution is -2.08. The molecule has 0 amide bonds. The van der Waals surface area contributed by atoms with E-state index in [1.54, 1.807) is 42.5 Å². The summed E-state index contributed by atoms with van der Waals surface area (Å²) >= 11 is 7.24. The van der Waals surface area contributed by atoms with Gasteiger partial charge in [-0.25, -0.2) is 4.39 Å². The molecule has 146 valence electrons. The molecule has 0 saturated carbocycles. The van der Waals surface area contributed by atoms with Gasteiger partial charge >= 0.3 is 0 Å². The molecule has 1 N–H and O–H groups in total. The molecule has 0 aliphatic heterocycles. The predicted octanol–water partition coefficient (Wildman–Crippen LogP) is 4.66. The number of aliphatic hydroxyl groups is 1. The summed E-state index contributed by atoms with van der Waals surface area (Å²) in [6.45, 7) is 4.53. The average molecular weight is 420 g/mol. The molecule has 3 rings (SSSR count). The van der Waals surface area contributed by atoms with E-state index in [1.165, 1.54) is 23.9 Å². The highest BCUT2D eigenvalue weighted by atomic mass is 35.5. The van der Waals surface area contributed by atoms with Crippen LogP contribution in [0.4, 0.5) is 4.39 Å². The maximum Gasteiger partial charge on any atom is 0.191 e. The summed E-state index contributed by atoms with van der Waals surface area (Å²) in [5.74, 6) is 1.35. The van der Waals surface area contributed by atoms with Gasteiger partial charge in [0.25, 0.3) is 0 Å². The van der Waals surface area contributed by atoms with Crippen LogP contribution in [-0.2, 0) is 13.2 Å². The van der Waals surface area contributed by atoms with Crippen LogP contribution >= 0.6 is 23.4 Å². The van der Waals surface area contributed by atoms with Crippen molar-refractivity contribution in [2.75, 3.05) is 5.75 Å². The number of hydrogen-bond donors (Lipinski definition) is 1. The van der Waals surface area contributed by atoms with Gasteiger partial charge in [0.1, 0.15) is 18.2 Å². The predicted molar refractivity (Wildman–Crippen MR) is 108 cm³/mol. The summed E-state index contributed by atoms with van der Waals surface area (Å²) in [6.07, 6.45) is 1.00. The van der Waals surface area contributed by atoms with Gasteiger partial charge in [-0.05, 0) is 42.0 Å². The smallest absolute Gasteiger partial charge is 0.191 e. The lowest BCUT2D eigenvalue weighted by Gasteiger charge is -2.12. The molecule has 2 aromatic carbocycles. The molecule has 1 heterocycles. The number of nitrogens with zero attached hydrogens (tertiary/aromatic N) is 3. The number of hydrogen-bond acceptors (Lipinski definition) is 5. The minimum Gasteiger partial charge on any atom is -0.486 e. The summed E-state index contributed by atoms with van der Waals surface area (Å²) in [4.78, 5) is 0. The van der Waals surface area contributed by atoms with E-state index in [2.05, 4.69) is 16.8 Å². The first-order chi connectivity index (χ1) is 13.6. The Balaban J connectivity index is 1.65. The quantitative estimate of drug-likeness (QED) is 0.403. The molecule has 0 spiro atoms. The molecule has 0 aliphatic carbocycles. The Morgan fingerprint density at radius 2 is 1.89 bits per heavy atom. The van der Waals surface area contributed by atoms with Crippen LogP contribution in [0, 0.1) is 5.82 Å². The number of rotatable bonds is 9. The molecule has 0 bridgehead atoms. The van der Waals surface area contributed by atoms with Crippen molar-refractivity contribution >= 4 is 23.4 Å². The molecule has 5 nitrogen and oxygen atoms in total. The van der Waals surface area contributed by atoms with Gasteiger partial charge in [-0.3, -0.25) is 4.57 Å². The van der Waals surface area contributed by atoms with Crippen molar-refractivity contribution in [3.63, 3.8) is 0 Å². The maximum absolute atomic E-state index is 13.0. The van der Waals surface area contributed by atoms with Gasteiger partial charge in [0, 0.05) is 17.3 Å². The van der Waals surface area contributed by atoms with E-state index >= 15 is 0 Å². The SMILES string of the molecule is C=CCn1c(COc2ccc(Cl)cc2)nnc1SCC(O)c1ccc(F)cc1. The Morgan fingerprint density at radius 3 is 2.57 bits per heavy atom. The summed E-state index contributed by atoms with van der Waals surface area (Å²) in [5.41, 5.74) is 0.648. The van der Waals surface area contributed by atoms with E-state index in [1.807, 2.05) is 4.57 Å². The second-order valence-corrected chi connectivity index (χ2v) is 7.34. The van der Waals surface area contributed by atoms with Crippen molar-refractivity contribution < 1.29 is 14.2 Å². The molecule has 1 aromatic heterocycles. The lowest BCUT2D eigenvalue weighted by molar-refractivity contribution is 0.204. The van der Waals surface area contributed by atoms with Gasteiger partial charge < -0.3 is 9.84 Å². The normalized spacial score (nSPS) is 12.0. The fraction of sp³-hybridized carbons (Fsp3) is 0.200. The highest BCUT2D eigenvalue weighted by Crippen LogP contribution is 2.25. The highest BCUT2D eigenvalue weighted by molar-refractivity contribution is 7.99. The van der Waals surface area contributed by atoms with E-state index in [4.69, 9.17) is 16.3 Å². The molecule has 1 unspecified atom stereocenters. The molecule has 8 heteroatoms. The van der Waals surface area contributed by atoms with Gasteiger partial charge in [-0.1, -0.05) is 41.6 Å². The Morgan fingerprint density at radius 1 is 1.18 bits per heavy atom. The van der Waals surface area contributed by atoms with Crippen LogP contribution in [-0.4, -0.2) is 25.6 Å². The van der Waals surface area contributed by atoms with Crippen molar-refractivity contribution in [2.24, 2.45) is 0 Å². The number of aliphatic hydroxyl groups excluding tert-OH is 1. The van der Waals surface area contributed by atoms with E-state index in [-0.39, 0.29) is 12.4 Å². The zero-order valence-corrected chi connectivity index (χ0v) is 16.5. The second-order valence-electron chi connectivity index (χ2n) is 5.92. The summed E-state index contributed by atoms with van der Waals surface area (Å²) < 4.78 is 20.6. The first-order valence-electron chi connectivity index (χ1n) is 8.54. The van der Waals surface area contributed by atoms with Crippen LogP contribution in [0.15, 0.2) is 66.3 Å². The maximum atomic E-state index is 13.0. The average Bonchev–Trinajstić information content (AvgIpc) is 3.08. The fourth-order valence-electron chi connectivity index (χ4n) is 2.46. The molecule has 0 aliphatic rings. The molecular formula is C20H19ClFN3O2S. The van der Waals surface area contributed by atoms with Crippen LogP contribution < -0.4 is 4.74 Å². The zero-order valence-electron chi connectivity index (χ0n) is 15.0. The van der Waals surface area contributed by atoms with Gasteiger partial charge in [0.15, 0.2) is 11.0 Å². The van der Waals surface area contributed by atoms with E-state index < -0.39 is 6.10 Å². The van der Waals surface area contributed by atoms with Crippen molar-refractivity contribution in [3.05, 3.63) is 83.4 Å². The second kappa shape index (κ2) is 9.73. The van der Waals surface area contributed by atoms with Gasteiger partial charge in [0.05, 0.1) is 6.10 Å². The van der Waals surface area contributed by atoms with Crippen LogP contribution in [0.3, 0.4) is 0 Å². The van der Waals surface area contributed by atoms with Crippen molar-refractivity contribution in [1.82, 2.24) is 14.8 Å². The molecule has 0 fully saturated rings. The van der Waals surface area contributed by atoms with E-state index in [0.717, 1.165) is 0 Å². The Labute approximate surface area is 171 Å². The largest absolute Gasteiger partial charge is 0.486 e.